The summed E-state index contributed by atoms with van der Waals surface area (Å²) in [6.45, 7) is 14.4. The molecule has 0 radical (unpaired) electrons. The van der Waals surface area contributed by atoms with Gasteiger partial charge in [0.2, 0.25) is 0 Å². The smallest absolute Gasteiger partial charge is 0.0769 e. The van der Waals surface area contributed by atoms with Crippen LogP contribution in [0.4, 0.5) is 5.69 Å². The number of hydrogen-bond acceptors (Lipinski definition) is 3. The summed E-state index contributed by atoms with van der Waals surface area (Å²) >= 11 is 0. The summed E-state index contributed by atoms with van der Waals surface area (Å²) in [5.74, 6) is 0. The second-order valence-corrected chi connectivity index (χ2v) is 7.94. The normalized spacial score (nSPS) is 13.1. The summed E-state index contributed by atoms with van der Waals surface area (Å²) in [5.41, 5.74) is 3.78. The molecular formula is C20H31NO2. The van der Waals surface area contributed by atoms with Gasteiger partial charge in [-0.25, -0.2) is 0 Å². The molecule has 0 fully saturated rings. The molecule has 0 aliphatic heterocycles. The fraction of sp³-hybridized carbons (Fsp3) is 0.500. The molecular weight excluding hydrogens is 286 g/mol. The van der Waals surface area contributed by atoms with Crippen molar-refractivity contribution >= 4 is 5.69 Å². The predicted molar refractivity (Wildman–Crippen MR) is 99.6 cm³/mol. The Labute approximate surface area is 141 Å². The second kappa shape index (κ2) is 7.58. The fourth-order valence-electron chi connectivity index (χ4n) is 2.29. The molecule has 1 aromatic carbocycles. The van der Waals surface area contributed by atoms with Gasteiger partial charge in [-0.15, -0.1) is 0 Å². The van der Waals surface area contributed by atoms with Crippen molar-refractivity contribution in [2.75, 3.05) is 18.0 Å². The first-order valence-corrected chi connectivity index (χ1v) is 8.09. The number of aliphatic hydroxyl groups excluding tert-OH is 2. The van der Waals surface area contributed by atoms with E-state index in [1.165, 1.54) is 11.1 Å². The van der Waals surface area contributed by atoms with Crippen LogP contribution >= 0.6 is 0 Å². The lowest BCUT2D eigenvalue weighted by atomic mass is 9.80. The Bertz CT molecular complexity index is 514. The van der Waals surface area contributed by atoms with Crippen molar-refractivity contribution in [2.24, 2.45) is 0 Å². The van der Waals surface area contributed by atoms with Crippen molar-refractivity contribution in [3.05, 3.63) is 54.0 Å². The van der Waals surface area contributed by atoms with Gasteiger partial charge in [0.25, 0.3) is 0 Å². The van der Waals surface area contributed by atoms with Crippen LogP contribution in [0.3, 0.4) is 0 Å². The third-order valence-electron chi connectivity index (χ3n) is 3.88. The number of rotatable bonds is 5. The number of nitrogens with zero attached hydrogens (tertiary/aromatic N) is 1. The van der Waals surface area contributed by atoms with E-state index >= 15 is 0 Å². The molecule has 0 unspecified atom stereocenters. The molecule has 0 saturated carbocycles. The van der Waals surface area contributed by atoms with E-state index in [0.29, 0.717) is 13.1 Å². The van der Waals surface area contributed by atoms with Gasteiger partial charge in [0.15, 0.2) is 0 Å². The summed E-state index contributed by atoms with van der Waals surface area (Å²) < 4.78 is 0. The fourth-order valence-corrected chi connectivity index (χ4v) is 2.29. The molecule has 128 valence electrons. The largest absolute Gasteiger partial charge is 0.516 e. The van der Waals surface area contributed by atoms with Crippen LogP contribution < -0.4 is 4.90 Å². The SMILES string of the molecule is CC(C)(C)c1cc(N(CC=CO)CC=CO)cc(C(C)(C)C)c1. The number of anilines is 1. The van der Waals surface area contributed by atoms with Gasteiger partial charge in [-0.2, -0.15) is 0 Å². The molecule has 1 rings (SSSR count). The van der Waals surface area contributed by atoms with Crippen LogP contribution in [0.5, 0.6) is 0 Å². The predicted octanol–water partition coefficient (Wildman–Crippen LogP) is 5.23. The van der Waals surface area contributed by atoms with Crippen molar-refractivity contribution in [3.63, 3.8) is 0 Å². The van der Waals surface area contributed by atoms with Crippen LogP contribution in [-0.2, 0) is 10.8 Å². The highest BCUT2D eigenvalue weighted by Gasteiger charge is 2.21. The van der Waals surface area contributed by atoms with E-state index in [0.717, 1.165) is 18.2 Å². The number of benzene rings is 1. The van der Waals surface area contributed by atoms with E-state index in [-0.39, 0.29) is 10.8 Å². The molecule has 0 spiro atoms. The Hall–Kier alpha value is -1.90. The standard InChI is InChI=1S/C20H31NO2/c1-19(2,3)16-13-17(20(4,5)6)15-18(14-16)21(9-7-11-22)10-8-12-23/h7-8,11-15,22-23H,9-10H2,1-6H3. The quantitative estimate of drug-likeness (QED) is 0.731. The Kier molecular flexibility index (Phi) is 6.31. The summed E-state index contributed by atoms with van der Waals surface area (Å²) in [6.07, 6.45) is 5.53. The number of hydrogen-bond donors (Lipinski definition) is 2. The van der Waals surface area contributed by atoms with Crippen LogP contribution in [-0.4, -0.2) is 23.3 Å². The molecule has 1 aromatic rings. The average molecular weight is 317 g/mol. The maximum absolute atomic E-state index is 8.98. The topological polar surface area (TPSA) is 43.7 Å². The van der Waals surface area contributed by atoms with E-state index in [4.69, 9.17) is 10.2 Å². The van der Waals surface area contributed by atoms with Crippen LogP contribution in [0, 0.1) is 0 Å². The summed E-state index contributed by atoms with van der Waals surface area (Å²) in [5, 5.41) is 18.0. The molecule has 0 aliphatic rings. The van der Waals surface area contributed by atoms with Gasteiger partial charge in [-0.1, -0.05) is 47.6 Å². The molecule has 23 heavy (non-hydrogen) atoms. The lowest BCUT2D eigenvalue weighted by Gasteiger charge is -2.30. The zero-order chi connectivity index (χ0) is 17.7. The van der Waals surface area contributed by atoms with Gasteiger partial charge in [0.1, 0.15) is 0 Å². The van der Waals surface area contributed by atoms with Crippen LogP contribution in [0.25, 0.3) is 0 Å². The van der Waals surface area contributed by atoms with Crippen LogP contribution in [0.2, 0.25) is 0 Å². The molecule has 0 amide bonds. The first kappa shape index (κ1) is 19.1. The van der Waals surface area contributed by atoms with Gasteiger partial charge >= 0.3 is 0 Å². The molecule has 0 bridgehead atoms. The van der Waals surface area contributed by atoms with Crippen molar-refractivity contribution in [1.82, 2.24) is 0 Å². The van der Waals surface area contributed by atoms with Crippen molar-refractivity contribution in [1.29, 1.82) is 0 Å². The first-order chi connectivity index (χ1) is 10.6. The average Bonchev–Trinajstić information content (AvgIpc) is 2.45. The number of aliphatic hydroxyl groups is 2. The zero-order valence-electron chi connectivity index (χ0n) is 15.3. The zero-order valence-corrected chi connectivity index (χ0v) is 15.3. The van der Waals surface area contributed by atoms with Crippen LogP contribution in [0.15, 0.2) is 42.9 Å². The molecule has 0 atom stereocenters. The Morgan fingerprint density at radius 1 is 0.783 bits per heavy atom. The summed E-state index contributed by atoms with van der Waals surface area (Å²) in [4.78, 5) is 2.11. The molecule has 3 heteroatoms. The molecule has 0 heterocycles. The van der Waals surface area contributed by atoms with Gasteiger partial charge in [-0.05, 0) is 46.2 Å². The van der Waals surface area contributed by atoms with Gasteiger partial charge < -0.3 is 15.1 Å². The third kappa shape index (κ3) is 5.66. The van der Waals surface area contributed by atoms with E-state index in [1.54, 1.807) is 12.2 Å². The van der Waals surface area contributed by atoms with E-state index in [9.17, 15) is 0 Å². The molecule has 0 saturated heterocycles. The van der Waals surface area contributed by atoms with Gasteiger partial charge in [-0.3, -0.25) is 0 Å². The lowest BCUT2D eigenvalue weighted by Crippen LogP contribution is -2.25. The molecule has 0 aliphatic carbocycles. The highest BCUT2D eigenvalue weighted by atomic mass is 16.2. The Morgan fingerprint density at radius 2 is 1.17 bits per heavy atom. The minimum absolute atomic E-state index is 0.0569. The molecule has 2 N–H and O–H groups in total. The summed E-state index contributed by atoms with van der Waals surface area (Å²) in [7, 11) is 0. The molecule has 0 aromatic heterocycles. The monoisotopic (exact) mass is 317 g/mol. The lowest BCUT2D eigenvalue weighted by molar-refractivity contribution is 0.470. The van der Waals surface area contributed by atoms with E-state index < -0.39 is 0 Å². The summed E-state index contributed by atoms with van der Waals surface area (Å²) in [6, 6.07) is 6.68. The minimum Gasteiger partial charge on any atom is -0.516 e. The van der Waals surface area contributed by atoms with E-state index in [1.807, 2.05) is 0 Å². The Morgan fingerprint density at radius 3 is 1.48 bits per heavy atom. The van der Waals surface area contributed by atoms with Crippen LogP contribution in [0.1, 0.15) is 52.7 Å². The highest BCUT2D eigenvalue weighted by molar-refractivity contribution is 5.55. The minimum atomic E-state index is 0.0569. The Balaban J connectivity index is 3.40. The molecule has 3 nitrogen and oxygen atoms in total. The third-order valence-corrected chi connectivity index (χ3v) is 3.88. The van der Waals surface area contributed by atoms with Gasteiger partial charge in [0, 0.05) is 18.8 Å². The van der Waals surface area contributed by atoms with Crippen molar-refractivity contribution in [2.45, 2.75) is 52.4 Å². The van der Waals surface area contributed by atoms with Crippen molar-refractivity contribution < 1.29 is 10.2 Å². The maximum atomic E-state index is 8.98. The highest BCUT2D eigenvalue weighted by Crippen LogP contribution is 2.33. The van der Waals surface area contributed by atoms with Crippen molar-refractivity contribution in [3.8, 4) is 0 Å². The maximum Gasteiger partial charge on any atom is 0.0769 e. The second-order valence-electron chi connectivity index (χ2n) is 7.94. The first-order valence-electron chi connectivity index (χ1n) is 8.09. The van der Waals surface area contributed by atoms with E-state index in [2.05, 4.69) is 64.6 Å². The van der Waals surface area contributed by atoms with Gasteiger partial charge in [0.05, 0.1) is 12.5 Å².